The van der Waals surface area contributed by atoms with Crippen molar-refractivity contribution in [2.45, 2.75) is 59.0 Å². The molecule has 4 rings (SSSR count). The number of nitrogens with one attached hydrogen (secondary N) is 1. The molecule has 0 spiro atoms. The molecule has 0 radical (unpaired) electrons. The van der Waals surface area contributed by atoms with Crippen molar-refractivity contribution < 1.29 is 14.3 Å². The molecular weight excluding hydrogens is 398 g/mol. The fourth-order valence-electron chi connectivity index (χ4n) is 3.86. The molecule has 1 atom stereocenters. The molecule has 30 heavy (non-hydrogen) atoms. The van der Waals surface area contributed by atoms with E-state index in [1.54, 1.807) is 6.92 Å². The fraction of sp³-hybridized carbons (Fsp3) is 0.435. The molecule has 1 aliphatic carbocycles. The van der Waals surface area contributed by atoms with Gasteiger partial charge in [-0.05, 0) is 57.1 Å². The molecule has 158 valence electrons. The van der Waals surface area contributed by atoms with Crippen molar-refractivity contribution in [2.24, 2.45) is 4.99 Å². The van der Waals surface area contributed by atoms with Gasteiger partial charge in [0.15, 0.2) is 5.17 Å². The maximum absolute atomic E-state index is 13.0. The highest BCUT2D eigenvalue weighted by Crippen LogP contribution is 2.45. The monoisotopic (exact) mass is 425 g/mol. The maximum atomic E-state index is 13.0. The fourth-order valence-corrected chi connectivity index (χ4v) is 4.82. The van der Waals surface area contributed by atoms with Gasteiger partial charge in [-0.25, -0.2) is 9.79 Å². The number of amides is 1. The van der Waals surface area contributed by atoms with Crippen LogP contribution in [0.1, 0.15) is 55.8 Å². The molecule has 1 amide bonds. The number of rotatable bonds is 6. The Labute approximate surface area is 181 Å². The summed E-state index contributed by atoms with van der Waals surface area (Å²) in [5.41, 5.74) is 5.28. The lowest BCUT2D eigenvalue weighted by molar-refractivity contribution is -0.139. The molecule has 1 aromatic carbocycles. The average molecular weight is 426 g/mol. The van der Waals surface area contributed by atoms with Crippen LogP contribution in [-0.2, 0) is 14.3 Å². The van der Waals surface area contributed by atoms with Crippen LogP contribution in [0, 0.1) is 13.8 Å². The summed E-state index contributed by atoms with van der Waals surface area (Å²) in [6.07, 6.45) is 2.37. The lowest BCUT2D eigenvalue weighted by Crippen LogP contribution is -2.38. The Morgan fingerprint density at radius 3 is 2.73 bits per heavy atom. The van der Waals surface area contributed by atoms with Gasteiger partial charge in [0, 0.05) is 11.7 Å². The zero-order valence-corrected chi connectivity index (χ0v) is 18.6. The second kappa shape index (κ2) is 8.30. The summed E-state index contributed by atoms with van der Waals surface area (Å²) in [6, 6.07) is 6.19. The van der Waals surface area contributed by atoms with Gasteiger partial charge < -0.3 is 15.0 Å². The van der Waals surface area contributed by atoms with Crippen molar-refractivity contribution in [3.63, 3.8) is 0 Å². The molecule has 3 aliphatic rings. The van der Waals surface area contributed by atoms with Crippen LogP contribution in [0.2, 0.25) is 0 Å². The van der Waals surface area contributed by atoms with Gasteiger partial charge in [-0.2, -0.15) is 0 Å². The van der Waals surface area contributed by atoms with Crippen LogP contribution in [0.25, 0.3) is 0 Å². The Balaban J connectivity index is 1.76. The quantitative estimate of drug-likeness (QED) is 0.695. The predicted molar refractivity (Wildman–Crippen MR) is 119 cm³/mol. The van der Waals surface area contributed by atoms with Crippen LogP contribution in [-0.4, -0.2) is 34.6 Å². The lowest BCUT2D eigenvalue weighted by Gasteiger charge is -2.37. The number of aryl methyl sites for hydroxylation is 2. The first kappa shape index (κ1) is 20.7. The van der Waals surface area contributed by atoms with E-state index in [-0.39, 0.29) is 24.3 Å². The Hall–Kier alpha value is -2.54. The summed E-state index contributed by atoms with van der Waals surface area (Å²) in [4.78, 5) is 32.2. The van der Waals surface area contributed by atoms with E-state index in [9.17, 15) is 9.59 Å². The van der Waals surface area contributed by atoms with Crippen molar-refractivity contribution >= 4 is 28.8 Å². The summed E-state index contributed by atoms with van der Waals surface area (Å²) in [5.74, 6) is -0.350. The minimum absolute atomic E-state index is 0.00859. The van der Waals surface area contributed by atoms with Gasteiger partial charge >= 0.3 is 5.97 Å². The molecule has 6 nitrogen and oxygen atoms in total. The SMILES string of the molecule is CCOC(=O)C1=C(C)N=C2SC=C(CC(=O)NC3CC3)N2[C@H]1c1cc(C)ccc1C. The topological polar surface area (TPSA) is 71.0 Å². The van der Waals surface area contributed by atoms with Gasteiger partial charge in [0.2, 0.25) is 5.91 Å². The molecule has 2 heterocycles. The van der Waals surface area contributed by atoms with Gasteiger partial charge in [0.1, 0.15) is 0 Å². The molecule has 7 heteroatoms. The highest BCUT2D eigenvalue weighted by Gasteiger charge is 2.41. The first-order chi connectivity index (χ1) is 14.4. The van der Waals surface area contributed by atoms with Crippen molar-refractivity contribution in [1.82, 2.24) is 10.2 Å². The Kier molecular flexibility index (Phi) is 5.73. The van der Waals surface area contributed by atoms with E-state index in [2.05, 4.69) is 28.5 Å². The molecule has 1 saturated carbocycles. The van der Waals surface area contributed by atoms with E-state index in [4.69, 9.17) is 4.74 Å². The van der Waals surface area contributed by atoms with Crippen molar-refractivity contribution in [3.8, 4) is 0 Å². The predicted octanol–water partition coefficient (Wildman–Crippen LogP) is 4.11. The van der Waals surface area contributed by atoms with Crippen LogP contribution in [0.3, 0.4) is 0 Å². The third-order valence-electron chi connectivity index (χ3n) is 5.51. The normalized spacial score (nSPS) is 20.5. The number of amidine groups is 1. The molecule has 1 fully saturated rings. The lowest BCUT2D eigenvalue weighted by atomic mass is 9.90. The van der Waals surface area contributed by atoms with Gasteiger partial charge in [-0.15, -0.1) is 0 Å². The highest BCUT2D eigenvalue weighted by molar-refractivity contribution is 8.16. The van der Waals surface area contributed by atoms with Gasteiger partial charge in [0.05, 0.1) is 30.3 Å². The van der Waals surface area contributed by atoms with Crippen LogP contribution < -0.4 is 5.32 Å². The number of hydrogen-bond acceptors (Lipinski definition) is 6. The first-order valence-corrected chi connectivity index (χ1v) is 11.2. The number of benzene rings is 1. The number of thioether (sulfide) groups is 1. The molecule has 0 saturated heterocycles. The Morgan fingerprint density at radius 2 is 2.03 bits per heavy atom. The number of hydrogen-bond donors (Lipinski definition) is 1. The van der Waals surface area contributed by atoms with E-state index >= 15 is 0 Å². The minimum atomic E-state index is -0.369. The maximum Gasteiger partial charge on any atom is 0.338 e. The van der Waals surface area contributed by atoms with Crippen LogP contribution in [0.4, 0.5) is 0 Å². The largest absolute Gasteiger partial charge is 0.463 e. The minimum Gasteiger partial charge on any atom is -0.463 e. The second-order valence-corrected chi connectivity index (χ2v) is 8.83. The molecule has 2 aliphatic heterocycles. The smallest absolute Gasteiger partial charge is 0.338 e. The zero-order chi connectivity index (χ0) is 21.4. The number of nitrogens with zero attached hydrogens (tertiary/aromatic N) is 2. The molecular formula is C23H27N3O3S. The molecule has 0 aromatic heterocycles. The van der Waals surface area contributed by atoms with E-state index in [1.807, 2.05) is 31.1 Å². The molecule has 1 aromatic rings. The number of esters is 1. The van der Waals surface area contributed by atoms with Crippen molar-refractivity contribution in [3.05, 3.63) is 57.3 Å². The van der Waals surface area contributed by atoms with Crippen molar-refractivity contribution in [2.75, 3.05) is 6.61 Å². The molecule has 0 bridgehead atoms. The van der Waals surface area contributed by atoms with Crippen LogP contribution in [0.15, 0.2) is 45.6 Å². The number of allylic oxidation sites excluding steroid dienone is 1. The van der Waals surface area contributed by atoms with Crippen molar-refractivity contribution in [1.29, 1.82) is 0 Å². The third kappa shape index (κ3) is 4.03. The summed E-state index contributed by atoms with van der Waals surface area (Å²) in [5, 5.41) is 5.82. The number of carbonyl (C=O) groups excluding carboxylic acids is 2. The molecule has 0 unspecified atom stereocenters. The van der Waals surface area contributed by atoms with Gasteiger partial charge in [0.25, 0.3) is 0 Å². The summed E-state index contributed by atoms with van der Waals surface area (Å²) < 4.78 is 5.40. The van der Waals surface area contributed by atoms with E-state index in [0.29, 0.717) is 23.9 Å². The standard InChI is InChI=1S/C23H27N3O3S/c1-5-29-22(28)20-15(4)24-23-26(21(20)18-10-13(2)6-7-14(18)3)17(12-30-23)11-19(27)25-16-8-9-16/h6-7,10,12,16,21H,5,8-9,11H2,1-4H3,(H,25,27)/t21-/m0/s1. The summed E-state index contributed by atoms with van der Waals surface area (Å²) >= 11 is 1.50. The van der Waals surface area contributed by atoms with Crippen LogP contribution >= 0.6 is 11.8 Å². The van der Waals surface area contributed by atoms with E-state index < -0.39 is 0 Å². The highest BCUT2D eigenvalue weighted by atomic mass is 32.2. The number of fused-ring (bicyclic) bond motifs is 1. The summed E-state index contributed by atoms with van der Waals surface area (Å²) in [6.45, 7) is 8.04. The van der Waals surface area contributed by atoms with E-state index in [1.165, 1.54) is 11.8 Å². The zero-order valence-electron chi connectivity index (χ0n) is 17.8. The Morgan fingerprint density at radius 1 is 1.27 bits per heavy atom. The number of ether oxygens (including phenoxy) is 1. The summed E-state index contributed by atoms with van der Waals surface area (Å²) in [7, 11) is 0. The second-order valence-electron chi connectivity index (χ2n) is 7.99. The number of aliphatic imine (C=N–C) groups is 1. The van der Waals surface area contributed by atoms with Gasteiger partial charge in [-0.1, -0.05) is 35.5 Å². The molecule has 1 N–H and O–H groups in total. The first-order valence-electron chi connectivity index (χ1n) is 10.4. The van der Waals surface area contributed by atoms with E-state index in [0.717, 1.165) is 40.4 Å². The van der Waals surface area contributed by atoms with Gasteiger partial charge in [-0.3, -0.25) is 4.79 Å². The average Bonchev–Trinajstić information content (AvgIpc) is 3.42. The third-order valence-corrected chi connectivity index (χ3v) is 6.40. The van der Waals surface area contributed by atoms with Crippen LogP contribution in [0.5, 0.6) is 0 Å². The number of carbonyl (C=O) groups is 2. The Bertz CT molecular complexity index is 991.